The molecule has 1 rings (SSSR count). The highest BCUT2D eigenvalue weighted by Crippen LogP contribution is 2.24. The van der Waals surface area contributed by atoms with Gasteiger partial charge in [-0.1, -0.05) is 32.8 Å². The highest BCUT2D eigenvalue weighted by atomic mass is 32.2. The fourth-order valence-electron chi connectivity index (χ4n) is 2.21. The molecule has 5 heteroatoms. The summed E-state index contributed by atoms with van der Waals surface area (Å²) in [6, 6.07) is 3.49. The second kappa shape index (κ2) is 7.09. The summed E-state index contributed by atoms with van der Waals surface area (Å²) in [6.45, 7) is 8.35. The monoisotopic (exact) mass is 298 g/mol. The zero-order chi connectivity index (χ0) is 15.3. The predicted octanol–water partition coefficient (Wildman–Crippen LogP) is 2.99. The van der Waals surface area contributed by atoms with Crippen LogP contribution in [0.5, 0.6) is 0 Å². The molecule has 1 aromatic rings. The Morgan fingerprint density at radius 2 is 1.85 bits per heavy atom. The van der Waals surface area contributed by atoms with Gasteiger partial charge in [-0.25, -0.2) is 13.1 Å². The van der Waals surface area contributed by atoms with Crippen molar-refractivity contribution in [1.82, 2.24) is 4.72 Å². The summed E-state index contributed by atoms with van der Waals surface area (Å²) in [7, 11) is -3.47. The second-order valence-corrected chi connectivity index (χ2v) is 7.42. The van der Waals surface area contributed by atoms with E-state index in [0.29, 0.717) is 28.6 Å². The molecule has 0 fully saturated rings. The Labute approximate surface area is 122 Å². The largest absolute Gasteiger partial charge is 0.398 e. The Bertz CT molecular complexity index is 551. The number of rotatable bonds is 7. The molecule has 20 heavy (non-hydrogen) atoms. The molecule has 0 saturated carbocycles. The molecule has 0 heterocycles. The van der Waals surface area contributed by atoms with Gasteiger partial charge in [0.05, 0.1) is 4.90 Å². The van der Waals surface area contributed by atoms with Crippen LogP contribution in [0.3, 0.4) is 0 Å². The first-order chi connectivity index (χ1) is 9.25. The van der Waals surface area contributed by atoms with Crippen LogP contribution < -0.4 is 10.5 Å². The number of aryl methyl sites for hydroxylation is 1. The van der Waals surface area contributed by atoms with E-state index in [0.717, 1.165) is 24.8 Å². The second-order valence-electron chi connectivity index (χ2n) is 5.71. The summed E-state index contributed by atoms with van der Waals surface area (Å²) >= 11 is 0. The first kappa shape index (κ1) is 17.0. The van der Waals surface area contributed by atoms with Gasteiger partial charge < -0.3 is 5.73 Å². The van der Waals surface area contributed by atoms with Crippen molar-refractivity contribution in [1.29, 1.82) is 0 Å². The van der Waals surface area contributed by atoms with Gasteiger partial charge in [-0.15, -0.1) is 0 Å². The zero-order valence-corrected chi connectivity index (χ0v) is 13.7. The molecular weight excluding hydrogens is 272 g/mol. The van der Waals surface area contributed by atoms with Crippen molar-refractivity contribution in [2.45, 2.75) is 51.9 Å². The van der Waals surface area contributed by atoms with Gasteiger partial charge >= 0.3 is 0 Å². The Hall–Kier alpha value is -1.07. The molecule has 114 valence electrons. The predicted molar refractivity (Wildman–Crippen MR) is 84.2 cm³/mol. The molecule has 0 spiro atoms. The standard InChI is InChI=1S/C15H26N2O2S/c1-11(2)7-5-6-10-17-20(18,19)15-12(3)8-9-14(16)13(15)4/h8-9,11,17H,5-7,10,16H2,1-4H3. The number of hydrogen-bond donors (Lipinski definition) is 2. The molecule has 0 aliphatic rings. The Morgan fingerprint density at radius 3 is 2.45 bits per heavy atom. The van der Waals surface area contributed by atoms with Crippen LogP contribution in [-0.4, -0.2) is 15.0 Å². The van der Waals surface area contributed by atoms with Gasteiger partial charge in [0.25, 0.3) is 0 Å². The van der Waals surface area contributed by atoms with Crippen molar-refractivity contribution < 1.29 is 8.42 Å². The number of hydrogen-bond acceptors (Lipinski definition) is 3. The summed E-state index contributed by atoms with van der Waals surface area (Å²) in [5, 5.41) is 0. The summed E-state index contributed by atoms with van der Waals surface area (Å²) in [5.41, 5.74) is 7.67. The molecule has 0 aliphatic heterocycles. The lowest BCUT2D eigenvalue weighted by molar-refractivity contribution is 0.530. The average Bonchev–Trinajstić information content (AvgIpc) is 2.33. The van der Waals surface area contributed by atoms with Crippen LogP contribution in [-0.2, 0) is 10.0 Å². The molecule has 0 amide bonds. The molecule has 3 N–H and O–H groups in total. The van der Waals surface area contributed by atoms with Gasteiger partial charge in [0.15, 0.2) is 0 Å². The van der Waals surface area contributed by atoms with Crippen LogP contribution in [0.15, 0.2) is 17.0 Å². The van der Waals surface area contributed by atoms with Crippen molar-refractivity contribution in [3.8, 4) is 0 Å². The van der Waals surface area contributed by atoms with Crippen molar-refractivity contribution in [2.75, 3.05) is 12.3 Å². The van der Waals surface area contributed by atoms with E-state index in [-0.39, 0.29) is 0 Å². The molecule has 0 atom stereocenters. The molecule has 0 aromatic heterocycles. The Kier molecular flexibility index (Phi) is 6.02. The summed E-state index contributed by atoms with van der Waals surface area (Å²) in [4.78, 5) is 0.321. The topological polar surface area (TPSA) is 72.2 Å². The Balaban J connectivity index is 2.73. The highest BCUT2D eigenvalue weighted by Gasteiger charge is 2.20. The number of benzene rings is 1. The number of nitrogen functional groups attached to an aromatic ring is 1. The van der Waals surface area contributed by atoms with Gasteiger partial charge in [-0.2, -0.15) is 0 Å². The minimum atomic E-state index is -3.47. The van der Waals surface area contributed by atoms with Gasteiger partial charge in [0, 0.05) is 12.2 Å². The average molecular weight is 298 g/mol. The van der Waals surface area contributed by atoms with E-state index >= 15 is 0 Å². The molecular formula is C15H26N2O2S. The quantitative estimate of drug-likeness (QED) is 0.600. The molecule has 0 saturated heterocycles. The third kappa shape index (κ3) is 4.49. The van der Waals surface area contributed by atoms with Crippen LogP contribution in [0.2, 0.25) is 0 Å². The SMILES string of the molecule is Cc1ccc(N)c(C)c1S(=O)(=O)NCCCCC(C)C. The number of sulfonamides is 1. The highest BCUT2D eigenvalue weighted by molar-refractivity contribution is 7.89. The van der Waals surface area contributed by atoms with Crippen molar-refractivity contribution in [3.63, 3.8) is 0 Å². The van der Waals surface area contributed by atoms with Crippen molar-refractivity contribution in [3.05, 3.63) is 23.3 Å². The third-order valence-electron chi connectivity index (χ3n) is 3.41. The lowest BCUT2D eigenvalue weighted by atomic mass is 10.1. The number of nitrogens with one attached hydrogen (secondary N) is 1. The number of anilines is 1. The molecule has 0 aliphatic carbocycles. The maximum Gasteiger partial charge on any atom is 0.241 e. The van der Waals surface area contributed by atoms with Crippen molar-refractivity contribution >= 4 is 15.7 Å². The maximum atomic E-state index is 12.4. The zero-order valence-electron chi connectivity index (χ0n) is 12.9. The molecule has 1 aromatic carbocycles. The van der Waals surface area contributed by atoms with E-state index in [1.807, 2.05) is 0 Å². The molecule has 4 nitrogen and oxygen atoms in total. The van der Waals surface area contributed by atoms with Crippen LogP contribution in [0.25, 0.3) is 0 Å². The molecule has 0 bridgehead atoms. The number of nitrogens with two attached hydrogens (primary N) is 1. The van der Waals surface area contributed by atoms with E-state index in [1.54, 1.807) is 26.0 Å². The fraction of sp³-hybridized carbons (Fsp3) is 0.600. The van der Waals surface area contributed by atoms with E-state index < -0.39 is 10.0 Å². The first-order valence-corrected chi connectivity index (χ1v) is 8.59. The van der Waals surface area contributed by atoms with Gasteiger partial charge in [0.1, 0.15) is 0 Å². The van der Waals surface area contributed by atoms with E-state index in [4.69, 9.17) is 5.73 Å². The first-order valence-electron chi connectivity index (χ1n) is 7.11. The third-order valence-corrected chi connectivity index (χ3v) is 5.16. The van der Waals surface area contributed by atoms with E-state index in [2.05, 4.69) is 18.6 Å². The normalized spacial score (nSPS) is 12.1. The molecule has 0 radical (unpaired) electrons. The molecule has 0 unspecified atom stereocenters. The summed E-state index contributed by atoms with van der Waals surface area (Å²) < 4.78 is 27.4. The minimum Gasteiger partial charge on any atom is -0.398 e. The van der Waals surface area contributed by atoms with Crippen LogP contribution in [0.1, 0.15) is 44.2 Å². The fourth-order valence-corrected chi connectivity index (χ4v) is 3.78. The van der Waals surface area contributed by atoms with E-state index in [1.165, 1.54) is 0 Å². The van der Waals surface area contributed by atoms with Crippen LogP contribution in [0.4, 0.5) is 5.69 Å². The van der Waals surface area contributed by atoms with Gasteiger partial charge in [-0.3, -0.25) is 0 Å². The number of unbranched alkanes of at least 4 members (excludes halogenated alkanes) is 1. The lowest BCUT2D eigenvalue weighted by Gasteiger charge is -2.13. The van der Waals surface area contributed by atoms with Crippen LogP contribution >= 0.6 is 0 Å². The summed E-state index contributed by atoms with van der Waals surface area (Å²) in [5.74, 6) is 0.657. The van der Waals surface area contributed by atoms with Crippen LogP contribution in [0, 0.1) is 19.8 Å². The Morgan fingerprint density at radius 1 is 1.20 bits per heavy atom. The van der Waals surface area contributed by atoms with Crippen molar-refractivity contribution in [2.24, 2.45) is 5.92 Å². The minimum absolute atomic E-state index is 0.321. The summed E-state index contributed by atoms with van der Waals surface area (Å²) in [6.07, 6.45) is 3.02. The smallest absolute Gasteiger partial charge is 0.241 e. The lowest BCUT2D eigenvalue weighted by Crippen LogP contribution is -2.26. The van der Waals surface area contributed by atoms with E-state index in [9.17, 15) is 8.42 Å². The van der Waals surface area contributed by atoms with Gasteiger partial charge in [-0.05, 0) is 43.4 Å². The maximum absolute atomic E-state index is 12.4. The van der Waals surface area contributed by atoms with Gasteiger partial charge in [0.2, 0.25) is 10.0 Å².